The maximum Gasteiger partial charge on any atom is 0.341 e. The maximum atomic E-state index is 12.9. The number of anilines is 1. The van der Waals surface area contributed by atoms with Gasteiger partial charge in [-0.15, -0.1) is 0 Å². The number of nitrogens with zero attached hydrogens (tertiary/aromatic N) is 1. The van der Waals surface area contributed by atoms with Crippen molar-refractivity contribution < 1.29 is 33.8 Å². The monoisotopic (exact) mass is 488 g/mol. The van der Waals surface area contributed by atoms with Gasteiger partial charge in [-0.05, 0) is 70.9 Å². The molecule has 31 heavy (non-hydrogen) atoms. The summed E-state index contributed by atoms with van der Waals surface area (Å²) in [4.78, 5) is 49.0. The van der Waals surface area contributed by atoms with Gasteiger partial charge in [0.05, 0.1) is 16.8 Å². The van der Waals surface area contributed by atoms with Crippen LogP contribution in [0.15, 0.2) is 52.5 Å². The van der Waals surface area contributed by atoms with Crippen LogP contribution in [0.25, 0.3) is 6.08 Å². The van der Waals surface area contributed by atoms with Gasteiger partial charge < -0.3 is 14.6 Å². The fraction of sp³-hybridized carbons (Fsp3) is 0.143. The van der Waals surface area contributed by atoms with E-state index in [-0.39, 0.29) is 17.0 Å². The lowest BCUT2D eigenvalue weighted by Gasteiger charge is -2.26. The number of aliphatic carboxylic acids is 1. The first-order valence-corrected chi connectivity index (χ1v) is 9.88. The molecule has 160 valence electrons. The molecule has 0 radical (unpaired) electrons. The van der Waals surface area contributed by atoms with E-state index in [9.17, 15) is 19.2 Å². The van der Waals surface area contributed by atoms with E-state index in [4.69, 9.17) is 14.6 Å². The van der Waals surface area contributed by atoms with Gasteiger partial charge in [0.25, 0.3) is 11.8 Å². The van der Waals surface area contributed by atoms with Crippen molar-refractivity contribution in [3.05, 3.63) is 58.1 Å². The molecule has 0 saturated carbocycles. The number of benzene rings is 2. The Hall–Kier alpha value is -3.66. The second-order valence-corrected chi connectivity index (χ2v) is 7.11. The van der Waals surface area contributed by atoms with Crippen LogP contribution in [0.5, 0.6) is 11.5 Å². The molecule has 0 aromatic heterocycles. The number of hydrogen-bond acceptors (Lipinski definition) is 6. The number of urea groups is 1. The average Bonchev–Trinajstić information content (AvgIpc) is 2.71. The molecule has 1 aliphatic rings. The number of imide groups is 2. The van der Waals surface area contributed by atoms with Crippen LogP contribution in [0.2, 0.25) is 0 Å². The molecule has 4 amide bonds. The van der Waals surface area contributed by atoms with E-state index in [0.717, 1.165) is 4.90 Å². The van der Waals surface area contributed by atoms with Gasteiger partial charge in [-0.1, -0.05) is 6.07 Å². The summed E-state index contributed by atoms with van der Waals surface area (Å²) in [5.74, 6) is -1.85. The van der Waals surface area contributed by atoms with Gasteiger partial charge in [0.1, 0.15) is 17.1 Å². The molecular formula is C21H17BrN2O7. The molecule has 9 nitrogen and oxygen atoms in total. The van der Waals surface area contributed by atoms with Gasteiger partial charge in [0.15, 0.2) is 6.61 Å². The van der Waals surface area contributed by atoms with E-state index in [1.807, 2.05) is 6.92 Å². The van der Waals surface area contributed by atoms with E-state index in [1.54, 1.807) is 36.4 Å². The highest BCUT2D eigenvalue weighted by atomic mass is 79.9. The smallest absolute Gasteiger partial charge is 0.341 e. The highest BCUT2D eigenvalue weighted by Crippen LogP contribution is 2.28. The first-order chi connectivity index (χ1) is 14.8. The Kier molecular flexibility index (Phi) is 6.71. The highest BCUT2D eigenvalue weighted by Gasteiger charge is 2.36. The number of hydrogen-bond donors (Lipinski definition) is 2. The van der Waals surface area contributed by atoms with Gasteiger partial charge in [-0.25, -0.2) is 14.5 Å². The van der Waals surface area contributed by atoms with Gasteiger partial charge in [0.2, 0.25) is 0 Å². The van der Waals surface area contributed by atoms with E-state index in [1.165, 1.54) is 12.1 Å². The second kappa shape index (κ2) is 9.43. The van der Waals surface area contributed by atoms with Gasteiger partial charge in [-0.3, -0.25) is 14.9 Å². The third-order valence-corrected chi connectivity index (χ3v) is 4.75. The minimum atomic E-state index is -1.12. The Bertz CT molecular complexity index is 1080. The fourth-order valence-electron chi connectivity index (χ4n) is 2.78. The van der Waals surface area contributed by atoms with Crippen LogP contribution in [0.4, 0.5) is 10.5 Å². The number of amides is 4. The molecule has 1 fully saturated rings. The van der Waals surface area contributed by atoms with Crippen LogP contribution >= 0.6 is 15.9 Å². The number of halogens is 1. The van der Waals surface area contributed by atoms with E-state index < -0.39 is 30.4 Å². The second-order valence-electron chi connectivity index (χ2n) is 6.26. The Labute approximate surface area is 185 Å². The molecule has 1 heterocycles. The SMILES string of the molecule is CCOc1ccc(N2C(=O)NC(=O)/C(=C\c3ccc(OCC(=O)O)c(Br)c3)C2=O)cc1. The molecule has 0 spiro atoms. The topological polar surface area (TPSA) is 122 Å². The number of carbonyl (C=O) groups is 4. The summed E-state index contributed by atoms with van der Waals surface area (Å²) in [6.45, 7) is 1.79. The zero-order valence-corrected chi connectivity index (χ0v) is 17.8. The predicted molar refractivity (Wildman–Crippen MR) is 114 cm³/mol. The summed E-state index contributed by atoms with van der Waals surface area (Å²) < 4.78 is 10.9. The average molecular weight is 489 g/mol. The number of barbiturate groups is 1. The third kappa shape index (κ3) is 5.10. The first-order valence-electron chi connectivity index (χ1n) is 9.08. The van der Waals surface area contributed by atoms with Crippen molar-refractivity contribution in [2.24, 2.45) is 0 Å². The van der Waals surface area contributed by atoms with Crippen LogP contribution in [0, 0.1) is 0 Å². The van der Waals surface area contributed by atoms with Crippen molar-refractivity contribution in [1.82, 2.24) is 5.32 Å². The normalized spacial score (nSPS) is 15.1. The Morgan fingerprint density at radius 2 is 1.84 bits per heavy atom. The fourth-order valence-corrected chi connectivity index (χ4v) is 3.29. The van der Waals surface area contributed by atoms with Crippen molar-refractivity contribution in [2.45, 2.75) is 6.92 Å². The molecule has 0 aliphatic carbocycles. The lowest BCUT2D eigenvalue weighted by molar-refractivity contribution is -0.139. The summed E-state index contributed by atoms with van der Waals surface area (Å²) >= 11 is 3.26. The van der Waals surface area contributed by atoms with E-state index >= 15 is 0 Å². The third-order valence-electron chi connectivity index (χ3n) is 4.13. The zero-order chi connectivity index (χ0) is 22.5. The van der Waals surface area contributed by atoms with Crippen molar-refractivity contribution in [3.63, 3.8) is 0 Å². The minimum absolute atomic E-state index is 0.236. The quantitative estimate of drug-likeness (QED) is 0.453. The van der Waals surface area contributed by atoms with Gasteiger partial charge in [-0.2, -0.15) is 0 Å². The van der Waals surface area contributed by atoms with Gasteiger partial charge >= 0.3 is 12.0 Å². The minimum Gasteiger partial charge on any atom is -0.494 e. The Morgan fingerprint density at radius 3 is 2.45 bits per heavy atom. The summed E-state index contributed by atoms with van der Waals surface area (Å²) in [5, 5.41) is 10.9. The molecular weight excluding hydrogens is 472 g/mol. The molecule has 2 N–H and O–H groups in total. The maximum absolute atomic E-state index is 12.9. The van der Waals surface area contributed by atoms with Crippen molar-refractivity contribution in [2.75, 3.05) is 18.1 Å². The van der Waals surface area contributed by atoms with Crippen molar-refractivity contribution in [3.8, 4) is 11.5 Å². The molecule has 10 heteroatoms. The van der Waals surface area contributed by atoms with E-state index in [2.05, 4.69) is 21.2 Å². The van der Waals surface area contributed by atoms with Crippen LogP contribution in [0.3, 0.4) is 0 Å². The standard InChI is InChI=1S/C21H17BrN2O7/c1-2-30-14-6-4-13(5-7-14)24-20(28)15(19(27)23-21(24)29)9-12-3-8-17(16(22)10-12)31-11-18(25)26/h3-10H,2,11H2,1H3,(H,25,26)(H,23,27,29)/b15-9+. The molecule has 0 unspecified atom stereocenters. The molecule has 1 aliphatic heterocycles. The highest BCUT2D eigenvalue weighted by molar-refractivity contribution is 9.10. The molecule has 0 atom stereocenters. The van der Waals surface area contributed by atoms with Crippen molar-refractivity contribution >= 4 is 51.5 Å². The van der Waals surface area contributed by atoms with Crippen LogP contribution in [0.1, 0.15) is 12.5 Å². The lowest BCUT2D eigenvalue weighted by atomic mass is 10.1. The summed E-state index contributed by atoms with van der Waals surface area (Å²) in [6, 6.07) is 10.1. The molecule has 1 saturated heterocycles. The van der Waals surface area contributed by atoms with Crippen molar-refractivity contribution in [1.29, 1.82) is 0 Å². The number of carboxylic acids is 1. The van der Waals surface area contributed by atoms with Crippen LogP contribution in [-0.4, -0.2) is 42.1 Å². The van der Waals surface area contributed by atoms with Gasteiger partial charge in [0, 0.05) is 0 Å². The lowest BCUT2D eigenvalue weighted by Crippen LogP contribution is -2.54. The predicted octanol–water partition coefficient (Wildman–Crippen LogP) is 2.98. The summed E-state index contributed by atoms with van der Waals surface area (Å²) in [6.07, 6.45) is 1.33. The Balaban J connectivity index is 1.88. The molecule has 0 bridgehead atoms. The van der Waals surface area contributed by atoms with E-state index in [0.29, 0.717) is 22.4 Å². The summed E-state index contributed by atoms with van der Waals surface area (Å²) in [7, 11) is 0. The zero-order valence-electron chi connectivity index (χ0n) is 16.3. The number of ether oxygens (including phenoxy) is 2. The molecule has 2 aromatic carbocycles. The van der Waals surface area contributed by atoms with Crippen LogP contribution < -0.4 is 19.7 Å². The Morgan fingerprint density at radius 1 is 1.13 bits per heavy atom. The number of carboxylic acid groups (broad SMARTS) is 1. The van der Waals surface area contributed by atoms with Crippen LogP contribution in [-0.2, 0) is 14.4 Å². The number of carbonyl (C=O) groups excluding carboxylic acids is 3. The number of nitrogens with one attached hydrogen (secondary N) is 1. The largest absolute Gasteiger partial charge is 0.494 e. The number of rotatable bonds is 7. The molecule has 2 aromatic rings. The summed E-state index contributed by atoms with van der Waals surface area (Å²) in [5.41, 5.74) is 0.511. The molecule has 3 rings (SSSR count). The first kappa shape index (κ1) is 22.0.